The van der Waals surface area contributed by atoms with Crippen LogP contribution >= 0.6 is 11.6 Å². The van der Waals surface area contributed by atoms with Crippen molar-refractivity contribution in [3.8, 4) is 0 Å². The molecule has 2 aromatic rings. The highest BCUT2D eigenvalue weighted by atomic mass is 35.5. The summed E-state index contributed by atoms with van der Waals surface area (Å²) in [5, 5.41) is 2.66. The Hall–Kier alpha value is -2.29. The molecule has 0 amide bonds. The maximum absolute atomic E-state index is 6.66. The number of hydrazine groups is 1. The summed E-state index contributed by atoms with van der Waals surface area (Å²) in [5.41, 5.74) is 11.5. The number of hydrogen-bond donors (Lipinski definition) is 2. The minimum atomic E-state index is 0.541. The van der Waals surface area contributed by atoms with Gasteiger partial charge in [-0.25, -0.2) is 5.43 Å². The van der Waals surface area contributed by atoms with E-state index in [9.17, 15) is 0 Å². The predicted octanol–water partition coefficient (Wildman–Crippen LogP) is 2.68. The molecule has 9 heteroatoms. The Kier molecular flexibility index (Phi) is 6.76. The SMILES string of the molecule is CNN(Cc1ccccc1Cl)c1nc(N2CCOCC2)nc(N2CCCCC2)c1N. The van der Waals surface area contributed by atoms with Crippen molar-refractivity contribution < 1.29 is 4.74 Å². The number of nitrogen functional groups attached to an aromatic ring is 1. The van der Waals surface area contributed by atoms with Crippen LogP contribution in [0.2, 0.25) is 5.02 Å². The number of halogens is 1. The summed E-state index contributed by atoms with van der Waals surface area (Å²) in [6, 6.07) is 7.82. The Balaban J connectivity index is 1.72. The van der Waals surface area contributed by atoms with E-state index in [1.807, 2.05) is 36.3 Å². The van der Waals surface area contributed by atoms with Gasteiger partial charge in [-0.1, -0.05) is 29.8 Å². The van der Waals surface area contributed by atoms with Gasteiger partial charge in [-0.15, -0.1) is 0 Å². The molecule has 0 bridgehead atoms. The molecule has 0 aliphatic carbocycles. The Bertz CT molecular complexity index is 853. The van der Waals surface area contributed by atoms with Crippen molar-refractivity contribution in [2.45, 2.75) is 25.8 Å². The number of ether oxygens (including phenoxy) is 1. The van der Waals surface area contributed by atoms with E-state index in [0.717, 1.165) is 55.4 Å². The summed E-state index contributed by atoms with van der Waals surface area (Å²) in [7, 11) is 1.87. The minimum absolute atomic E-state index is 0.541. The van der Waals surface area contributed by atoms with Crippen LogP contribution < -0.4 is 26.0 Å². The monoisotopic (exact) mass is 431 g/mol. The van der Waals surface area contributed by atoms with E-state index >= 15 is 0 Å². The van der Waals surface area contributed by atoms with Gasteiger partial charge in [0, 0.05) is 38.2 Å². The molecular formula is C21H30ClN7O. The van der Waals surface area contributed by atoms with E-state index in [0.29, 0.717) is 37.2 Å². The van der Waals surface area contributed by atoms with Crippen molar-refractivity contribution in [1.29, 1.82) is 0 Å². The van der Waals surface area contributed by atoms with E-state index in [4.69, 9.17) is 32.0 Å². The average molecular weight is 432 g/mol. The maximum Gasteiger partial charge on any atom is 0.229 e. The van der Waals surface area contributed by atoms with Crippen LogP contribution in [0.1, 0.15) is 24.8 Å². The lowest BCUT2D eigenvalue weighted by Gasteiger charge is -2.34. The highest BCUT2D eigenvalue weighted by molar-refractivity contribution is 6.31. The number of morpholine rings is 1. The maximum atomic E-state index is 6.66. The molecule has 3 heterocycles. The van der Waals surface area contributed by atoms with Gasteiger partial charge in [0.05, 0.1) is 19.8 Å². The lowest BCUT2D eigenvalue weighted by Crippen LogP contribution is -2.40. The van der Waals surface area contributed by atoms with Gasteiger partial charge in [0.25, 0.3) is 0 Å². The number of nitrogens with two attached hydrogens (primary N) is 1. The van der Waals surface area contributed by atoms with Crippen LogP contribution in [0.4, 0.5) is 23.3 Å². The second-order valence-corrected chi connectivity index (χ2v) is 8.04. The van der Waals surface area contributed by atoms with E-state index in [1.54, 1.807) is 0 Å². The summed E-state index contributed by atoms with van der Waals surface area (Å²) < 4.78 is 5.51. The Morgan fingerprint density at radius 3 is 2.50 bits per heavy atom. The van der Waals surface area contributed by atoms with Crippen molar-refractivity contribution in [1.82, 2.24) is 15.4 Å². The quantitative estimate of drug-likeness (QED) is 0.675. The Morgan fingerprint density at radius 1 is 1.07 bits per heavy atom. The van der Waals surface area contributed by atoms with E-state index in [2.05, 4.69) is 15.2 Å². The first-order valence-electron chi connectivity index (χ1n) is 10.6. The molecule has 0 saturated carbocycles. The molecule has 162 valence electrons. The Labute approximate surface area is 182 Å². The van der Waals surface area contributed by atoms with Crippen LogP contribution in [0, 0.1) is 0 Å². The molecule has 4 rings (SSSR count). The van der Waals surface area contributed by atoms with Crippen LogP contribution in [0.15, 0.2) is 24.3 Å². The number of aromatic nitrogens is 2. The number of rotatable bonds is 6. The molecule has 30 heavy (non-hydrogen) atoms. The summed E-state index contributed by atoms with van der Waals surface area (Å²) in [5.74, 6) is 2.19. The molecule has 1 aromatic carbocycles. The summed E-state index contributed by atoms with van der Waals surface area (Å²) in [6.07, 6.45) is 3.56. The first-order chi connectivity index (χ1) is 14.7. The number of nitrogens with zero attached hydrogens (tertiary/aromatic N) is 5. The van der Waals surface area contributed by atoms with Crippen molar-refractivity contribution >= 4 is 34.9 Å². The number of piperidine rings is 1. The van der Waals surface area contributed by atoms with Crippen molar-refractivity contribution in [3.63, 3.8) is 0 Å². The summed E-state index contributed by atoms with van der Waals surface area (Å²) in [6.45, 7) is 5.37. The summed E-state index contributed by atoms with van der Waals surface area (Å²) in [4.78, 5) is 14.2. The minimum Gasteiger partial charge on any atom is -0.393 e. The molecular weight excluding hydrogens is 402 g/mol. The lowest BCUT2D eigenvalue weighted by atomic mass is 10.1. The Morgan fingerprint density at radius 2 is 1.80 bits per heavy atom. The molecule has 2 aliphatic heterocycles. The van der Waals surface area contributed by atoms with E-state index in [1.165, 1.54) is 6.42 Å². The first-order valence-corrected chi connectivity index (χ1v) is 11.0. The zero-order chi connectivity index (χ0) is 20.9. The second-order valence-electron chi connectivity index (χ2n) is 7.63. The van der Waals surface area contributed by atoms with Gasteiger partial charge in [-0.05, 0) is 30.9 Å². The third-order valence-corrected chi connectivity index (χ3v) is 6.02. The third kappa shape index (κ3) is 4.55. The molecule has 2 aliphatic rings. The number of nitrogens with one attached hydrogen (secondary N) is 1. The van der Waals surface area contributed by atoms with Crippen molar-refractivity contribution in [2.24, 2.45) is 0 Å². The van der Waals surface area contributed by atoms with Crippen LogP contribution in [0.5, 0.6) is 0 Å². The van der Waals surface area contributed by atoms with Gasteiger partial charge in [0.1, 0.15) is 5.69 Å². The van der Waals surface area contributed by atoms with Gasteiger partial charge in [0.2, 0.25) is 5.95 Å². The molecule has 8 nitrogen and oxygen atoms in total. The van der Waals surface area contributed by atoms with Crippen molar-refractivity contribution in [3.05, 3.63) is 34.9 Å². The van der Waals surface area contributed by atoms with Crippen molar-refractivity contribution in [2.75, 3.05) is 67.0 Å². The molecule has 2 saturated heterocycles. The molecule has 0 radical (unpaired) electrons. The highest BCUT2D eigenvalue weighted by Gasteiger charge is 2.25. The average Bonchev–Trinajstić information content (AvgIpc) is 2.80. The van der Waals surface area contributed by atoms with Gasteiger partial charge in [0.15, 0.2) is 11.6 Å². The molecule has 0 unspecified atom stereocenters. The predicted molar refractivity (Wildman–Crippen MR) is 122 cm³/mol. The van der Waals surface area contributed by atoms with Crippen LogP contribution in [0.25, 0.3) is 0 Å². The lowest BCUT2D eigenvalue weighted by molar-refractivity contribution is 0.122. The molecule has 2 fully saturated rings. The van der Waals surface area contributed by atoms with Crippen LogP contribution in [-0.2, 0) is 11.3 Å². The number of benzene rings is 1. The van der Waals surface area contributed by atoms with Gasteiger partial charge in [-0.3, -0.25) is 5.01 Å². The molecule has 0 atom stereocenters. The molecule has 0 spiro atoms. The molecule has 3 N–H and O–H groups in total. The number of hydrogen-bond acceptors (Lipinski definition) is 8. The highest BCUT2D eigenvalue weighted by Crippen LogP contribution is 2.34. The fraction of sp³-hybridized carbons (Fsp3) is 0.524. The smallest absolute Gasteiger partial charge is 0.229 e. The zero-order valence-electron chi connectivity index (χ0n) is 17.5. The van der Waals surface area contributed by atoms with Gasteiger partial charge in [-0.2, -0.15) is 9.97 Å². The normalized spacial score (nSPS) is 17.3. The third-order valence-electron chi connectivity index (χ3n) is 5.66. The van der Waals surface area contributed by atoms with Gasteiger partial charge >= 0.3 is 0 Å². The standard InChI is InChI=1S/C21H30ClN7O/c1-24-29(15-16-7-3-4-8-17(16)22)20-18(23)19(27-9-5-2-6-10-27)25-21(26-20)28-11-13-30-14-12-28/h3-4,7-8,24H,2,5-6,9-15,23H2,1H3. The van der Waals surface area contributed by atoms with Crippen LogP contribution in [0.3, 0.4) is 0 Å². The first kappa shape index (κ1) is 21.0. The fourth-order valence-electron chi connectivity index (χ4n) is 3.95. The summed E-state index contributed by atoms with van der Waals surface area (Å²) >= 11 is 6.41. The topological polar surface area (TPSA) is 82.8 Å². The van der Waals surface area contributed by atoms with E-state index < -0.39 is 0 Å². The van der Waals surface area contributed by atoms with Gasteiger partial charge < -0.3 is 20.3 Å². The zero-order valence-corrected chi connectivity index (χ0v) is 18.2. The van der Waals surface area contributed by atoms with Crippen LogP contribution in [-0.4, -0.2) is 56.4 Å². The van der Waals surface area contributed by atoms with E-state index in [-0.39, 0.29) is 0 Å². The largest absolute Gasteiger partial charge is 0.393 e. The molecule has 1 aromatic heterocycles. The fourth-order valence-corrected chi connectivity index (χ4v) is 4.14. The second kappa shape index (κ2) is 9.68. The number of anilines is 4.